The van der Waals surface area contributed by atoms with E-state index in [1.54, 1.807) is 9.42 Å². The lowest BCUT2D eigenvalue weighted by atomic mass is 9.99. The number of aromatic nitrogens is 3. The van der Waals surface area contributed by atoms with Crippen LogP contribution in [0.1, 0.15) is 52.3 Å². The molecular weight excluding hydrogens is 504 g/mol. The van der Waals surface area contributed by atoms with Gasteiger partial charge in [0.1, 0.15) is 24.3 Å². The van der Waals surface area contributed by atoms with Gasteiger partial charge in [-0.25, -0.2) is 18.3 Å². The lowest BCUT2D eigenvalue weighted by Crippen LogP contribution is -2.49. The summed E-state index contributed by atoms with van der Waals surface area (Å²) in [5.74, 6) is -0.608. The molecule has 6 rings (SSSR count). The molecule has 5 heterocycles. The Balaban J connectivity index is 1.23. The van der Waals surface area contributed by atoms with Gasteiger partial charge < -0.3 is 14.7 Å². The highest BCUT2D eigenvalue weighted by Crippen LogP contribution is 2.38. The Hall–Kier alpha value is -2.82. The molecule has 1 amide bonds. The number of benzene rings is 1. The van der Waals surface area contributed by atoms with Crippen molar-refractivity contribution in [2.75, 3.05) is 13.2 Å². The van der Waals surface area contributed by atoms with Crippen molar-refractivity contribution >= 4 is 23.2 Å². The molecular formula is C26H28ClF2N5O3. The van der Waals surface area contributed by atoms with Gasteiger partial charge in [-0.1, -0.05) is 11.6 Å². The fourth-order valence-electron chi connectivity index (χ4n) is 6.18. The third kappa shape index (κ3) is 4.06. The number of hydrogen-bond acceptors (Lipinski definition) is 6. The largest absolute Gasteiger partial charge is 0.489 e. The number of aliphatic hydroxyl groups excluding tert-OH is 1. The first-order valence-corrected chi connectivity index (χ1v) is 12.9. The highest BCUT2D eigenvalue weighted by Gasteiger charge is 2.46. The molecule has 0 radical (unpaired) electrons. The molecule has 3 unspecified atom stereocenters. The molecule has 0 spiro atoms. The molecule has 2 fully saturated rings. The summed E-state index contributed by atoms with van der Waals surface area (Å²) in [5.41, 5.74) is 4.06. The summed E-state index contributed by atoms with van der Waals surface area (Å²) < 4.78 is 35.2. The van der Waals surface area contributed by atoms with Crippen LogP contribution < -0.4 is 4.74 Å². The summed E-state index contributed by atoms with van der Waals surface area (Å²) in [7, 11) is 0. The lowest BCUT2D eigenvalue weighted by Gasteiger charge is -2.38. The van der Waals surface area contributed by atoms with Gasteiger partial charge in [-0.05, 0) is 38.8 Å². The van der Waals surface area contributed by atoms with Crippen LogP contribution in [0, 0.1) is 19.7 Å². The van der Waals surface area contributed by atoms with Gasteiger partial charge in [0.25, 0.3) is 5.91 Å². The van der Waals surface area contributed by atoms with Gasteiger partial charge in [0.15, 0.2) is 5.65 Å². The highest BCUT2D eigenvalue weighted by atomic mass is 35.5. The van der Waals surface area contributed by atoms with E-state index in [0.29, 0.717) is 48.7 Å². The van der Waals surface area contributed by atoms with E-state index in [1.165, 1.54) is 18.2 Å². The van der Waals surface area contributed by atoms with Gasteiger partial charge in [0.05, 0.1) is 46.9 Å². The van der Waals surface area contributed by atoms with E-state index in [0.717, 1.165) is 17.0 Å². The number of nitrogens with zero attached hydrogens (tertiary/aromatic N) is 5. The maximum Gasteiger partial charge on any atom is 0.258 e. The first-order valence-electron chi connectivity index (χ1n) is 12.5. The minimum atomic E-state index is -0.544. The molecule has 1 aromatic carbocycles. The molecule has 37 heavy (non-hydrogen) atoms. The Kier molecular flexibility index (Phi) is 6.08. The van der Waals surface area contributed by atoms with E-state index in [1.807, 2.05) is 18.7 Å². The van der Waals surface area contributed by atoms with Gasteiger partial charge in [0.2, 0.25) is 0 Å². The normalized spacial score (nSPS) is 25.2. The van der Waals surface area contributed by atoms with Crippen LogP contribution in [0.4, 0.5) is 8.78 Å². The second-order valence-corrected chi connectivity index (χ2v) is 10.6. The Morgan fingerprint density at radius 1 is 1.24 bits per heavy atom. The van der Waals surface area contributed by atoms with Crippen LogP contribution in [0.5, 0.6) is 5.75 Å². The Morgan fingerprint density at radius 2 is 2.05 bits per heavy atom. The van der Waals surface area contributed by atoms with Crippen LogP contribution >= 0.6 is 11.6 Å². The molecule has 2 bridgehead atoms. The number of hydrogen-bond donors (Lipinski definition) is 1. The molecule has 0 aliphatic carbocycles. The van der Waals surface area contributed by atoms with E-state index in [-0.39, 0.29) is 42.0 Å². The van der Waals surface area contributed by atoms with Gasteiger partial charge in [-0.15, -0.1) is 0 Å². The molecule has 3 aromatic rings. The number of aryl methyl sites for hydroxylation is 2. The summed E-state index contributed by atoms with van der Waals surface area (Å²) >= 11 is 6.34. The van der Waals surface area contributed by atoms with Crippen LogP contribution in [0.15, 0.2) is 18.2 Å². The molecule has 4 atom stereocenters. The van der Waals surface area contributed by atoms with Gasteiger partial charge in [-0.3, -0.25) is 9.69 Å². The molecule has 8 nitrogen and oxygen atoms in total. The third-order valence-electron chi connectivity index (χ3n) is 7.95. The topological polar surface area (TPSA) is 83.2 Å². The van der Waals surface area contributed by atoms with Crippen molar-refractivity contribution in [2.24, 2.45) is 0 Å². The fourth-order valence-corrected chi connectivity index (χ4v) is 6.30. The first-order chi connectivity index (χ1) is 17.7. The number of rotatable bonds is 5. The lowest BCUT2D eigenvalue weighted by molar-refractivity contribution is 0.0219. The van der Waals surface area contributed by atoms with Crippen molar-refractivity contribution < 1.29 is 23.4 Å². The number of piperidine rings is 1. The summed E-state index contributed by atoms with van der Waals surface area (Å²) in [4.78, 5) is 21.8. The Labute approximate surface area is 217 Å². The molecule has 0 saturated carbocycles. The molecule has 196 valence electrons. The Morgan fingerprint density at radius 3 is 2.81 bits per heavy atom. The zero-order valence-electron chi connectivity index (χ0n) is 20.6. The quantitative estimate of drug-likeness (QED) is 0.541. The minimum Gasteiger partial charge on any atom is -0.489 e. The third-order valence-corrected chi connectivity index (χ3v) is 8.49. The molecule has 2 aromatic heterocycles. The zero-order valence-corrected chi connectivity index (χ0v) is 21.4. The van der Waals surface area contributed by atoms with Crippen LogP contribution in [0.3, 0.4) is 0 Å². The molecule has 1 N–H and O–H groups in total. The highest BCUT2D eigenvalue weighted by molar-refractivity contribution is 6.31. The summed E-state index contributed by atoms with van der Waals surface area (Å²) in [6.45, 7) is 4.13. The maximum atomic E-state index is 14.3. The minimum absolute atomic E-state index is 0.0000594. The van der Waals surface area contributed by atoms with E-state index in [4.69, 9.17) is 16.3 Å². The van der Waals surface area contributed by atoms with E-state index < -0.39 is 18.6 Å². The second-order valence-electron chi connectivity index (χ2n) is 10.2. The van der Waals surface area contributed by atoms with Crippen LogP contribution in [0.25, 0.3) is 5.65 Å². The number of halogens is 3. The van der Waals surface area contributed by atoms with Crippen molar-refractivity contribution in [1.29, 1.82) is 0 Å². The predicted molar refractivity (Wildman–Crippen MR) is 132 cm³/mol. The number of ether oxygens (including phenoxy) is 1. The van der Waals surface area contributed by atoms with Gasteiger partial charge >= 0.3 is 0 Å². The number of carbonyl (C=O) groups is 1. The summed E-state index contributed by atoms with van der Waals surface area (Å²) in [6.07, 6.45) is 0.776. The fraction of sp³-hybridized carbons (Fsp3) is 0.500. The first kappa shape index (κ1) is 24.5. The van der Waals surface area contributed by atoms with Crippen molar-refractivity contribution in [2.45, 2.75) is 70.5 Å². The molecule has 2 saturated heterocycles. The smallest absolute Gasteiger partial charge is 0.258 e. The van der Waals surface area contributed by atoms with Crippen LogP contribution in [0.2, 0.25) is 5.02 Å². The summed E-state index contributed by atoms with van der Waals surface area (Å²) in [6, 6.07) is 3.73. The second kappa shape index (κ2) is 9.18. The van der Waals surface area contributed by atoms with Crippen molar-refractivity contribution in [1.82, 2.24) is 24.4 Å². The number of carbonyl (C=O) groups excluding carboxylic acids is 1. The van der Waals surface area contributed by atoms with E-state index in [2.05, 4.69) is 10.1 Å². The van der Waals surface area contributed by atoms with Crippen molar-refractivity contribution in [3.8, 4) is 5.75 Å². The standard InChI is InChI=1S/C26H28ClF2N5O3/c1-13-24(27)14(2)34-25(30-13)19-11-32(12-20(19)31-34)26(36)18-4-3-15(29)7-23(18)37-17-8-16-9-22(35)21(10-17)33(16)6-5-28/h3-4,7,16-17,21-22,35H,5-6,8-12H2,1-2H3/t16?,17?,21?,22-/m1/s1. The number of aliphatic hydroxyl groups is 1. The van der Waals surface area contributed by atoms with Crippen molar-refractivity contribution in [3.05, 3.63) is 57.2 Å². The Bertz CT molecular complexity index is 1400. The number of fused-ring (bicyclic) bond motifs is 5. The molecule has 3 aliphatic heterocycles. The molecule has 11 heteroatoms. The average molecular weight is 532 g/mol. The zero-order chi connectivity index (χ0) is 26.0. The summed E-state index contributed by atoms with van der Waals surface area (Å²) in [5, 5.41) is 15.6. The SMILES string of the molecule is Cc1nc2c3c(nn2c(C)c1Cl)CN(C(=O)c1ccc(F)cc1OC1CC2C[C@@H](O)C(C1)N2CCF)C3. The number of alkyl halides is 1. The van der Waals surface area contributed by atoms with Gasteiger partial charge in [0, 0.05) is 36.7 Å². The average Bonchev–Trinajstić information content (AvgIpc) is 3.47. The van der Waals surface area contributed by atoms with Crippen LogP contribution in [-0.2, 0) is 13.1 Å². The van der Waals surface area contributed by atoms with E-state index >= 15 is 0 Å². The molecule has 3 aliphatic rings. The monoisotopic (exact) mass is 531 g/mol. The predicted octanol–water partition coefficient (Wildman–Crippen LogP) is 3.61. The van der Waals surface area contributed by atoms with Crippen LogP contribution in [-0.4, -0.2) is 72.9 Å². The van der Waals surface area contributed by atoms with Gasteiger partial charge in [-0.2, -0.15) is 5.10 Å². The maximum absolute atomic E-state index is 14.3. The number of amides is 1. The van der Waals surface area contributed by atoms with E-state index in [9.17, 15) is 18.7 Å². The van der Waals surface area contributed by atoms with Crippen molar-refractivity contribution in [3.63, 3.8) is 0 Å².